The molecular weight excluding hydrogens is 476 g/mol. The molecule has 31 heavy (non-hydrogen) atoms. The molecule has 1 atom stereocenters. The van der Waals surface area contributed by atoms with E-state index in [4.69, 9.17) is 46.4 Å². The molecule has 0 saturated carbocycles. The third kappa shape index (κ3) is 5.05. The largest absolute Gasteiger partial charge is 0.271 e. The van der Waals surface area contributed by atoms with Crippen LogP contribution in [-0.4, -0.2) is 28.6 Å². The molecule has 8 heteroatoms. The van der Waals surface area contributed by atoms with Gasteiger partial charge in [-0.1, -0.05) is 88.9 Å². The number of nitrogens with zero attached hydrogens (tertiary/aromatic N) is 3. The van der Waals surface area contributed by atoms with E-state index in [1.54, 1.807) is 36.5 Å². The quantitative estimate of drug-likeness (QED) is 0.372. The number of carbonyl (C=O) groups is 1. The summed E-state index contributed by atoms with van der Waals surface area (Å²) in [5, 5.41) is 7.70. The molecule has 0 radical (unpaired) electrons. The van der Waals surface area contributed by atoms with Crippen LogP contribution < -0.4 is 0 Å². The molecule has 0 N–H and O–H groups in total. The van der Waals surface area contributed by atoms with E-state index in [2.05, 4.69) is 5.10 Å². The maximum absolute atomic E-state index is 12.9. The van der Waals surface area contributed by atoms with Gasteiger partial charge in [0.1, 0.15) is 6.17 Å². The van der Waals surface area contributed by atoms with Gasteiger partial charge in [-0.05, 0) is 41.0 Å². The highest BCUT2D eigenvalue weighted by Crippen LogP contribution is 2.35. The third-order valence-electron chi connectivity index (χ3n) is 4.92. The molecule has 3 aromatic carbocycles. The lowest BCUT2D eigenvalue weighted by atomic mass is 10.1. The zero-order valence-corrected chi connectivity index (χ0v) is 19.2. The Hall–Kier alpha value is -2.08. The van der Waals surface area contributed by atoms with Crippen LogP contribution in [0, 0.1) is 0 Å². The molecule has 1 amide bonds. The number of amides is 1. The normalized spacial score (nSPS) is 17.1. The van der Waals surface area contributed by atoms with Crippen molar-refractivity contribution in [2.75, 3.05) is 6.54 Å². The molecule has 0 aromatic heterocycles. The number of carbonyl (C=O) groups excluding carboxylic acids is 1. The fourth-order valence-corrected chi connectivity index (χ4v) is 4.07. The number of hydrogen-bond acceptors (Lipinski definition) is 3. The summed E-state index contributed by atoms with van der Waals surface area (Å²) in [7, 11) is 0. The van der Waals surface area contributed by atoms with E-state index in [-0.39, 0.29) is 12.5 Å². The van der Waals surface area contributed by atoms with Gasteiger partial charge in [-0.15, -0.1) is 0 Å². The van der Waals surface area contributed by atoms with E-state index in [1.165, 1.54) is 5.01 Å². The minimum absolute atomic E-state index is 0.122. The molecule has 4 rings (SSSR count). The Labute approximate surface area is 200 Å². The molecule has 158 valence electrons. The number of hydrazone groups is 1. The molecule has 0 bridgehead atoms. The number of halogens is 4. The van der Waals surface area contributed by atoms with Crippen molar-refractivity contribution in [3.8, 4) is 0 Å². The van der Waals surface area contributed by atoms with Crippen LogP contribution in [0.2, 0.25) is 20.1 Å². The molecule has 0 unspecified atom stereocenters. The summed E-state index contributed by atoms with van der Waals surface area (Å²) in [4.78, 5) is 15.0. The van der Waals surface area contributed by atoms with Crippen LogP contribution in [0.5, 0.6) is 0 Å². The topological polar surface area (TPSA) is 35.9 Å². The maximum atomic E-state index is 12.9. The first-order valence-corrected chi connectivity index (χ1v) is 11.0. The van der Waals surface area contributed by atoms with E-state index in [0.29, 0.717) is 26.6 Å². The summed E-state index contributed by atoms with van der Waals surface area (Å²) in [6.07, 6.45) is 1.16. The summed E-state index contributed by atoms with van der Waals surface area (Å²) in [6.45, 7) is 0.800. The second-order valence-electron chi connectivity index (χ2n) is 7.09. The molecule has 1 aliphatic heterocycles. The lowest BCUT2D eigenvalue weighted by Gasteiger charge is -2.27. The Kier molecular flexibility index (Phi) is 6.85. The van der Waals surface area contributed by atoms with Crippen LogP contribution in [0.25, 0.3) is 0 Å². The highest BCUT2D eigenvalue weighted by atomic mass is 35.5. The van der Waals surface area contributed by atoms with Gasteiger partial charge in [-0.2, -0.15) is 5.10 Å². The molecule has 3 aromatic rings. The van der Waals surface area contributed by atoms with Crippen molar-refractivity contribution in [1.82, 2.24) is 9.91 Å². The van der Waals surface area contributed by atoms with Gasteiger partial charge in [-0.25, -0.2) is 5.01 Å². The Morgan fingerprint density at radius 3 is 2.23 bits per heavy atom. The number of hydrogen-bond donors (Lipinski definition) is 0. The summed E-state index contributed by atoms with van der Waals surface area (Å²) >= 11 is 24.5. The predicted octanol–water partition coefficient (Wildman–Crippen LogP) is 6.68. The average molecular weight is 493 g/mol. The van der Waals surface area contributed by atoms with Crippen LogP contribution in [0.4, 0.5) is 0 Å². The van der Waals surface area contributed by atoms with Crippen molar-refractivity contribution in [3.63, 3.8) is 0 Å². The molecule has 0 spiro atoms. The van der Waals surface area contributed by atoms with E-state index in [0.717, 1.165) is 16.7 Å². The SMILES string of the molecule is O=C1CN(Cc2ccccc2)[C@@H](c2ccc(Cl)c(Cl)c2)N1/N=C\c1ccc(Cl)c(Cl)c1. The van der Waals surface area contributed by atoms with Gasteiger partial charge < -0.3 is 0 Å². The van der Waals surface area contributed by atoms with Crippen LogP contribution in [0.15, 0.2) is 71.8 Å². The second kappa shape index (κ2) is 9.60. The Morgan fingerprint density at radius 1 is 0.871 bits per heavy atom. The monoisotopic (exact) mass is 491 g/mol. The summed E-state index contributed by atoms with van der Waals surface area (Å²) < 4.78 is 0. The zero-order chi connectivity index (χ0) is 22.0. The van der Waals surface area contributed by atoms with Crippen LogP contribution in [0.3, 0.4) is 0 Å². The van der Waals surface area contributed by atoms with Crippen molar-refractivity contribution in [2.24, 2.45) is 5.10 Å². The molecule has 1 heterocycles. The minimum Gasteiger partial charge on any atom is -0.271 e. The third-order valence-corrected chi connectivity index (χ3v) is 6.39. The molecule has 4 nitrogen and oxygen atoms in total. The summed E-state index contributed by atoms with van der Waals surface area (Å²) in [5.41, 5.74) is 2.65. The summed E-state index contributed by atoms with van der Waals surface area (Å²) in [6, 6.07) is 20.5. The Balaban J connectivity index is 1.69. The van der Waals surface area contributed by atoms with Crippen molar-refractivity contribution in [3.05, 3.63) is 104 Å². The molecule has 1 fully saturated rings. The zero-order valence-electron chi connectivity index (χ0n) is 16.2. The second-order valence-corrected chi connectivity index (χ2v) is 8.72. The lowest BCUT2D eigenvalue weighted by Crippen LogP contribution is -2.28. The first-order chi connectivity index (χ1) is 14.9. The van der Waals surface area contributed by atoms with Gasteiger partial charge in [0.05, 0.1) is 32.8 Å². The molecule has 1 aliphatic rings. The fraction of sp³-hybridized carbons (Fsp3) is 0.130. The first-order valence-electron chi connectivity index (χ1n) is 9.46. The lowest BCUT2D eigenvalue weighted by molar-refractivity contribution is -0.128. The van der Waals surface area contributed by atoms with Gasteiger partial charge in [0.2, 0.25) is 0 Å². The van der Waals surface area contributed by atoms with Crippen molar-refractivity contribution >= 4 is 58.5 Å². The average Bonchev–Trinajstić information content (AvgIpc) is 3.06. The van der Waals surface area contributed by atoms with Gasteiger partial charge >= 0.3 is 0 Å². The summed E-state index contributed by atoms with van der Waals surface area (Å²) in [5.74, 6) is -0.122. The van der Waals surface area contributed by atoms with Crippen LogP contribution >= 0.6 is 46.4 Å². The Morgan fingerprint density at radius 2 is 1.55 bits per heavy atom. The van der Waals surface area contributed by atoms with E-state index < -0.39 is 6.17 Å². The van der Waals surface area contributed by atoms with E-state index >= 15 is 0 Å². The Bertz CT molecular complexity index is 1140. The van der Waals surface area contributed by atoms with Gasteiger partial charge in [0, 0.05) is 6.54 Å². The fourth-order valence-electron chi connectivity index (χ4n) is 3.46. The number of rotatable bonds is 5. The molecular formula is C23H17Cl4N3O. The predicted molar refractivity (Wildman–Crippen MR) is 127 cm³/mol. The standard InChI is InChI=1S/C23H17Cl4N3O/c24-18-8-6-16(10-20(18)26)12-28-30-22(31)14-29(13-15-4-2-1-3-5-15)23(30)17-7-9-19(25)21(27)11-17/h1-12,23H,13-14H2/b28-12-/t23-/m1/s1. The van der Waals surface area contributed by atoms with E-state index in [1.807, 2.05) is 41.3 Å². The number of benzene rings is 3. The molecule has 0 aliphatic carbocycles. The minimum atomic E-state index is -0.429. The highest BCUT2D eigenvalue weighted by molar-refractivity contribution is 6.42. The van der Waals surface area contributed by atoms with Gasteiger partial charge in [0.15, 0.2) is 0 Å². The maximum Gasteiger partial charge on any atom is 0.258 e. The van der Waals surface area contributed by atoms with Gasteiger partial charge in [-0.3, -0.25) is 9.69 Å². The van der Waals surface area contributed by atoms with Crippen molar-refractivity contribution < 1.29 is 4.79 Å². The van der Waals surface area contributed by atoms with Gasteiger partial charge in [0.25, 0.3) is 5.91 Å². The van der Waals surface area contributed by atoms with Crippen molar-refractivity contribution in [2.45, 2.75) is 12.7 Å². The highest BCUT2D eigenvalue weighted by Gasteiger charge is 2.39. The smallest absolute Gasteiger partial charge is 0.258 e. The van der Waals surface area contributed by atoms with Crippen molar-refractivity contribution in [1.29, 1.82) is 0 Å². The molecule has 1 saturated heterocycles. The first kappa shape index (κ1) is 22.1. The van der Waals surface area contributed by atoms with Crippen LogP contribution in [-0.2, 0) is 11.3 Å². The van der Waals surface area contributed by atoms with Crippen LogP contribution in [0.1, 0.15) is 22.9 Å². The van der Waals surface area contributed by atoms with E-state index in [9.17, 15) is 4.79 Å².